The van der Waals surface area contributed by atoms with Crippen molar-refractivity contribution in [3.8, 4) is 0 Å². The van der Waals surface area contributed by atoms with Crippen molar-refractivity contribution in [2.45, 2.75) is 13.0 Å². The summed E-state index contributed by atoms with van der Waals surface area (Å²) in [6.07, 6.45) is 0.958. The van der Waals surface area contributed by atoms with E-state index >= 15 is 0 Å². The van der Waals surface area contributed by atoms with Crippen molar-refractivity contribution in [1.82, 2.24) is 0 Å². The first-order valence-electron chi connectivity index (χ1n) is 3.59. The van der Waals surface area contributed by atoms with Crippen LogP contribution in [-0.4, -0.2) is 31.1 Å². The molecular weight excluding hydrogens is 160 g/mol. The van der Waals surface area contributed by atoms with E-state index in [0.717, 1.165) is 0 Å². The minimum absolute atomic E-state index is 0.0777. The van der Waals surface area contributed by atoms with E-state index in [1.165, 1.54) is 13.2 Å². The monoisotopic (exact) mass is 174 g/mol. The average molecular weight is 174 g/mol. The van der Waals surface area contributed by atoms with Crippen molar-refractivity contribution >= 4 is 5.97 Å². The van der Waals surface area contributed by atoms with Crippen LogP contribution in [0.2, 0.25) is 0 Å². The molecule has 0 aliphatic heterocycles. The zero-order valence-corrected chi connectivity index (χ0v) is 7.32. The Morgan fingerprint density at radius 1 is 1.75 bits per heavy atom. The molecule has 1 N–H and O–H groups in total. The van der Waals surface area contributed by atoms with Crippen LogP contribution in [0, 0.1) is 5.92 Å². The molecule has 12 heavy (non-hydrogen) atoms. The topological polar surface area (TPSA) is 55.8 Å². The van der Waals surface area contributed by atoms with Gasteiger partial charge in [0.2, 0.25) is 0 Å². The lowest BCUT2D eigenvalue weighted by Gasteiger charge is -2.16. The van der Waals surface area contributed by atoms with Gasteiger partial charge in [0.25, 0.3) is 0 Å². The maximum absolute atomic E-state index is 10.5. The van der Waals surface area contributed by atoms with Crippen LogP contribution in [0.15, 0.2) is 12.7 Å². The third kappa shape index (κ3) is 3.50. The van der Waals surface area contributed by atoms with E-state index < -0.39 is 18.0 Å². The Kier molecular flexibility index (Phi) is 5.32. The highest BCUT2D eigenvalue weighted by atomic mass is 16.7. The van der Waals surface area contributed by atoms with Crippen molar-refractivity contribution in [2.24, 2.45) is 5.92 Å². The van der Waals surface area contributed by atoms with Crippen molar-refractivity contribution in [3.63, 3.8) is 0 Å². The third-order valence-corrected chi connectivity index (χ3v) is 1.49. The molecule has 0 rings (SSSR count). The number of hydrogen-bond donors (Lipinski definition) is 1. The molecule has 0 amide bonds. The van der Waals surface area contributed by atoms with Gasteiger partial charge in [0.05, 0.1) is 12.0 Å². The molecule has 0 radical (unpaired) electrons. The minimum Gasteiger partial charge on any atom is -0.481 e. The fourth-order valence-electron chi connectivity index (χ4n) is 0.704. The third-order valence-electron chi connectivity index (χ3n) is 1.49. The van der Waals surface area contributed by atoms with Gasteiger partial charge in [-0.15, -0.1) is 6.58 Å². The van der Waals surface area contributed by atoms with E-state index in [1.807, 2.05) is 0 Å². The first kappa shape index (κ1) is 11.1. The molecule has 0 heterocycles. The van der Waals surface area contributed by atoms with Gasteiger partial charge >= 0.3 is 5.97 Å². The van der Waals surface area contributed by atoms with E-state index in [-0.39, 0.29) is 6.79 Å². The summed E-state index contributed by atoms with van der Waals surface area (Å²) >= 11 is 0. The van der Waals surface area contributed by atoms with E-state index in [1.54, 1.807) is 6.92 Å². The fraction of sp³-hybridized carbons (Fsp3) is 0.625. The summed E-state index contributed by atoms with van der Waals surface area (Å²) in [7, 11) is 1.48. The van der Waals surface area contributed by atoms with Crippen LogP contribution in [0.5, 0.6) is 0 Å². The zero-order valence-electron chi connectivity index (χ0n) is 7.32. The van der Waals surface area contributed by atoms with Crippen LogP contribution < -0.4 is 0 Å². The number of aliphatic carboxylic acids is 1. The van der Waals surface area contributed by atoms with Gasteiger partial charge in [-0.05, 0) is 6.92 Å². The summed E-state index contributed by atoms with van der Waals surface area (Å²) in [5, 5.41) is 8.61. The van der Waals surface area contributed by atoms with Gasteiger partial charge in [0.15, 0.2) is 0 Å². The Balaban J connectivity index is 3.95. The van der Waals surface area contributed by atoms with Crippen molar-refractivity contribution in [2.75, 3.05) is 13.9 Å². The second-order valence-corrected chi connectivity index (χ2v) is 2.40. The van der Waals surface area contributed by atoms with Crippen LogP contribution in [-0.2, 0) is 14.3 Å². The average Bonchev–Trinajstić information content (AvgIpc) is 2.05. The van der Waals surface area contributed by atoms with Crippen molar-refractivity contribution in [3.05, 3.63) is 12.7 Å². The summed E-state index contributed by atoms with van der Waals surface area (Å²) in [5.74, 6) is -1.51. The SMILES string of the molecule is C=C[C@@H](OCOC)[C@H](C)C(=O)O. The number of rotatable bonds is 6. The highest BCUT2D eigenvalue weighted by Crippen LogP contribution is 2.08. The fourth-order valence-corrected chi connectivity index (χ4v) is 0.704. The number of ether oxygens (including phenoxy) is 2. The molecule has 4 heteroatoms. The number of carbonyl (C=O) groups is 1. The lowest BCUT2D eigenvalue weighted by atomic mass is 10.1. The van der Waals surface area contributed by atoms with Crippen molar-refractivity contribution in [1.29, 1.82) is 0 Å². The van der Waals surface area contributed by atoms with E-state index in [4.69, 9.17) is 9.84 Å². The Bertz CT molecular complexity index is 155. The van der Waals surface area contributed by atoms with Crippen molar-refractivity contribution < 1.29 is 19.4 Å². The van der Waals surface area contributed by atoms with Crippen LogP contribution in [0.4, 0.5) is 0 Å². The molecule has 0 bridgehead atoms. The first-order chi connectivity index (χ1) is 5.63. The van der Waals surface area contributed by atoms with Crippen LogP contribution in [0.3, 0.4) is 0 Å². The Morgan fingerprint density at radius 3 is 2.67 bits per heavy atom. The summed E-state index contributed by atoms with van der Waals surface area (Å²) in [5.41, 5.74) is 0. The van der Waals surface area contributed by atoms with Gasteiger partial charge in [-0.1, -0.05) is 6.08 Å². The first-order valence-corrected chi connectivity index (χ1v) is 3.59. The molecule has 2 atom stereocenters. The number of hydrogen-bond acceptors (Lipinski definition) is 3. The summed E-state index contributed by atoms with van der Waals surface area (Å²) in [6.45, 7) is 5.11. The molecule has 0 spiro atoms. The largest absolute Gasteiger partial charge is 0.481 e. The Labute approximate surface area is 71.8 Å². The molecule has 0 aromatic rings. The molecular formula is C8H14O4. The zero-order chi connectivity index (χ0) is 9.56. The molecule has 70 valence electrons. The van der Waals surface area contributed by atoms with Crippen LogP contribution >= 0.6 is 0 Å². The van der Waals surface area contributed by atoms with Gasteiger partial charge in [0.1, 0.15) is 6.79 Å². The summed E-state index contributed by atoms with van der Waals surface area (Å²) < 4.78 is 9.68. The smallest absolute Gasteiger partial charge is 0.309 e. The Hall–Kier alpha value is -0.870. The second kappa shape index (κ2) is 5.74. The second-order valence-electron chi connectivity index (χ2n) is 2.40. The standard InChI is InChI=1S/C8H14O4/c1-4-7(12-5-11-3)6(2)8(9)10/h4,6-7H,1,5H2,2-3H3,(H,9,10)/t6-,7+/m0/s1. The molecule has 4 nitrogen and oxygen atoms in total. The predicted octanol–water partition coefficient (Wildman–Crippen LogP) is 0.882. The maximum Gasteiger partial charge on any atom is 0.309 e. The molecule has 0 fully saturated rings. The molecule has 0 saturated heterocycles. The predicted molar refractivity (Wildman–Crippen MR) is 43.7 cm³/mol. The lowest BCUT2D eigenvalue weighted by molar-refractivity contribution is -0.148. The highest BCUT2D eigenvalue weighted by molar-refractivity contribution is 5.70. The number of carboxylic acid groups (broad SMARTS) is 1. The van der Waals surface area contributed by atoms with Crippen LogP contribution in [0.1, 0.15) is 6.92 Å². The van der Waals surface area contributed by atoms with E-state index in [2.05, 4.69) is 11.3 Å². The van der Waals surface area contributed by atoms with E-state index in [9.17, 15) is 4.79 Å². The number of carboxylic acids is 1. The van der Waals surface area contributed by atoms with Gasteiger partial charge in [-0.25, -0.2) is 0 Å². The Morgan fingerprint density at radius 2 is 2.33 bits per heavy atom. The highest BCUT2D eigenvalue weighted by Gasteiger charge is 2.21. The molecule has 0 aliphatic rings. The van der Waals surface area contributed by atoms with E-state index in [0.29, 0.717) is 0 Å². The normalized spacial score (nSPS) is 15.2. The molecule has 0 saturated carbocycles. The van der Waals surface area contributed by atoms with Gasteiger partial charge in [0, 0.05) is 7.11 Å². The molecule has 0 aliphatic carbocycles. The van der Waals surface area contributed by atoms with Crippen LogP contribution in [0.25, 0.3) is 0 Å². The number of methoxy groups -OCH3 is 1. The lowest BCUT2D eigenvalue weighted by Crippen LogP contribution is -2.27. The molecule has 0 unspecified atom stereocenters. The van der Waals surface area contributed by atoms with Gasteiger partial charge in [-0.3, -0.25) is 4.79 Å². The van der Waals surface area contributed by atoms with Gasteiger partial charge < -0.3 is 14.6 Å². The maximum atomic E-state index is 10.5. The quantitative estimate of drug-likeness (QED) is 0.479. The summed E-state index contributed by atoms with van der Waals surface area (Å²) in [6, 6.07) is 0. The minimum atomic E-state index is -0.906. The summed E-state index contributed by atoms with van der Waals surface area (Å²) in [4.78, 5) is 10.5. The molecule has 0 aromatic carbocycles. The van der Waals surface area contributed by atoms with Gasteiger partial charge in [-0.2, -0.15) is 0 Å². The molecule has 0 aromatic heterocycles.